The molecule has 4 heteroatoms. The number of fused-ring (bicyclic) bond motifs is 1. The summed E-state index contributed by atoms with van der Waals surface area (Å²) in [6, 6.07) is 8.20. The van der Waals surface area contributed by atoms with E-state index in [-0.39, 0.29) is 17.9 Å². The van der Waals surface area contributed by atoms with Crippen molar-refractivity contribution in [2.24, 2.45) is 5.92 Å². The summed E-state index contributed by atoms with van der Waals surface area (Å²) in [4.78, 5) is 12.4. The number of ether oxygens (including phenoxy) is 1. The molecule has 0 spiro atoms. The predicted octanol–water partition coefficient (Wildman–Crippen LogP) is 1.41. The number of hydrogen-bond acceptors (Lipinski definition) is 3. The number of carbonyl (C=O) groups excluding carboxylic acids is 1. The van der Waals surface area contributed by atoms with Crippen LogP contribution in [0, 0.1) is 5.92 Å². The normalized spacial score (nSPS) is 28.9. The van der Waals surface area contributed by atoms with E-state index in [0.717, 1.165) is 32.7 Å². The molecule has 2 N–H and O–H groups in total. The van der Waals surface area contributed by atoms with Gasteiger partial charge in [0.1, 0.15) is 0 Å². The van der Waals surface area contributed by atoms with Gasteiger partial charge >= 0.3 is 0 Å². The van der Waals surface area contributed by atoms with Crippen molar-refractivity contribution < 1.29 is 9.53 Å². The van der Waals surface area contributed by atoms with Crippen molar-refractivity contribution in [1.29, 1.82) is 0 Å². The summed E-state index contributed by atoms with van der Waals surface area (Å²) in [5.74, 6) is 0.507. The van der Waals surface area contributed by atoms with Crippen LogP contribution >= 0.6 is 0 Å². The average molecular weight is 274 g/mol. The van der Waals surface area contributed by atoms with Crippen LogP contribution < -0.4 is 10.6 Å². The molecule has 1 aromatic carbocycles. The minimum absolute atomic E-state index is 0.0717. The number of hydrogen-bond donors (Lipinski definition) is 2. The zero-order valence-corrected chi connectivity index (χ0v) is 11.9. The molecule has 2 aliphatic heterocycles. The summed E-state index contributed by atoms with van der Waals surface area (Å²) in [6.45, 7) is 5.20. The van der Waals surface area contributed by atoms with E-state index in [9.17, 15) is 4.79 Å². The first-order valence-electron chi connectivity index (χ1n) is 7.43. The fourth-order valence-corrected chi connectivity index (χ4v) is 3.13. The van der Waals surface area contributed by atoms with Gasteiger partial charge in [0.2, 0.25) is 5.91 Å². The Kier molecular flexibility index (Phi) is 4.03. The van der Waals surface area contributed by atoms with Gasteiger partial charge in [-0.3, -0.25) is 4.79 Å². The van der Waals surface area contributed by atoms with Crippen LogP contribution in [0.4, 0.5) is 0 Å². The van der Waals surface area contributed by atoms with Gasteiger partial charge in [-0.15, -0.1) is 0 Å². The molecule has 1 fully saturated rings. The highest BCUT2D eigenvalue weighted by Gasteiger charge is 2.28. The van der Waals surface area contributed by atoms with Crippen LogP contribution in [0.2, 0.25) is 0 Å². The SMILES string of the molecule is CC1OCCC1CNC(=O)C1CNCc2ccccc21. The monoisotopic (exact) mass is 274 g/mol. The molecular formula is C16H22N2O2. The molecule has 20 heavy (non-hydrogen) atoms. The first kappa shape index (κ1) is 13.6. The smallest absolute Gasteiger partial charge is 0.228 e. The Morgan fingerprint density at radius 3 is 3.10 bits per heavy atom. The maximum Gasteiger partial charge on any atom is 0.228 e. The fourth-order valence-electron chi connectivity index (χ4n) is 3.13. The Balaban J connectivity index is 1.63. The Hall–Kier alpha value is -1.39. The molecule has 1 aromatic rings. The van der Waals surface area contributed by atoms with Crippen LogP contribution in [0.3, 0.4) is 0 Å². The third-order valence-corrected chi connectivity index (χ3v) is 4.48. The largest absolute Gasteiger partial charge is 0.378 e. The summed E-state index contributed by atoms with van der Waals surface area (Å²) in [6.07, 6.45) is 1.30. The lowest BCUT2D eigenvalue weighted by Gasteiger charge is -2.26. The lowest BCUT2D eigenvalue weighted by molar-refractivity contribution is -0.122. The van der Waals surface area contributed by atoms with Crippen molar-refractivity contribution in [3.63, 3.8) is 0 Å². The Morgan fingerprint density at radius 2 is 2.30 bits per heavy atom. The lowest BCUT2D eigenvalue weighted by atomic mass is 9.90. The number of rotatable bonds is 3. The van der Waals surface area contributed by atoms with Crippen molar-refractivity contribution in [1.82, 2.24) is 10.6 Å². The average Bonchev–Trinajstić information content (AvgIpc) is 2.89. The molecule has 0 aromatic heterocycles. The molecule has 0 aliphatic carbocycles. The quantitative estimate of drug-likeness (QED) is 0.876. The molecule has 0 radical (unpaired) electrons. The van der Waals surface area contributed by atoms with Crippen LogP contribution in [0.5, 0.6) is 0 Å². The number of nitrogens with one attached hydrogen (secondary N) is 2. The van der Waals surface area contributed by atoms with E-state index in [1.165, 1.54) is 11.1 Å². The molecule has 0 bridgehead atoms. The lowest BCUT2D eigenvalue weighted by Crippen LogP contribution is -2.41. The van der Waals surface area contributed by atoms with Gasteiger partial charge in [-0.2, -0.15) is 0 Å². The van der Waals surface area contributed by atoms with Crippen LogP contribution in [0.15, 0.2) is 24.3 Å². The van der Waals surface area contributed by atoms with E-state index in [4.69, 9.17) is 4.74 Å². The van der Waals surface area contributed by atoms with Gasteiger partial charge in [-0.25, -0.2) is 0 Å². The van der Waals surface area contributed by atoms with Gasteiger partial charge in [-0.1, -0.05) is 24.3 Å². The molecule has 3 atom stereocenters. The zero-order valence-electron chi connectivity index (χ0n) is 11.9. The summed E-state index contributed by atoms with van der Waals surface area (Å²) in [7, 11) is 0. The maximum absolute atomic E-state index is 12.4. The van der Waals surface area contributed by atoms with Gasteiger partial charge in [0, 0.05) is 32.2 Å². The van der Waals surface area contributed by atoms with E-state index in [2.05, 4.69) is 29.7 Å². The first-order valence-corrected chi connectivity index (χ1v) is 7.43. The van der Waals surface area contributed by atoms with Gasteiger partial charge < -0.3 is 15.4 Å². The second kappa shape index (κ2) is 5.94. The van der Waals surface area contributed by atoms with E-state index >= 15 is 0 Å². The molecule has 2 aliphatic rings. The summed E-state index contributed by atoms with van der Waals surface area (Å²) in [5, 5.41) is 6.43. The Bertz CT molecular complexity index is 489. The summed E-state index contributed by atoms with van der Waals surface area (Å²) in [5.41, 5.74) is 2.40. The van der Waals surface area contributed by atoms with Crippen molar-refractivity contribution >= 4 is 5.91 Å². The molecule has 1 saturated heterocycles. The maximum atomic E-state index is 12.4. The molecule has 1 amide bonds. The fraction of sp³-hybridized carbons (Fsp3) is 0.562. The highest BCUT2D eigenvalue weighted by atomic mass is 16.5. The standard InChI is InChI=1S/C16H22N2O2/c1-11-12(6-7-20-11)9-18-16(19)15-10-17-8-13-4-2-3-5-14(13)15/h2-5,11-12,15,17H,6-10H2,1H3,(H,18,19). The van der Waals surface area contributed by atoms with Crippen LogP contribution in [0.1, 0.15) is 30.4 Å². The van der Waals surface area contributed by atoms with E-state index in [0.29, 0.717) is 5.92 Å². The van der Waals surface area contributed by atoms with Crippen molar-refractivity contribution in [2.45, 2.75) is 31.9 Å². The highest BCUT2D eigenvalue weighted by Crippen LogP contribution is 2.24. The molecule has 4 nitrogen and oxygen atoms in total. The van der Waals surface area contributed by atoms with Gasteiger partial charge in [0.25, 0.3) is 0 Å². The van der Waals surface area contributed by atoms with Gasteiger partial charge in [0.15, 0.2) is 0 Å². The molecule has 0 saturated carbocycles. The van der Waals surface area contributed by atoms with Gasteiger partial charge in [-0.05, 0) is 24.5 Å². The second-order valence-electron chi connectivity index (χ2n) is 5.75. The topological polar surface area (TPSA) is 50.4 Å². The van der Waals surface area contributed by atoms with Crippen LogP contribution in [-0.2, 0) is 16.1 Å². The molecule has 3 rings (SSSR count). The molecule has 2 heterocycles. The van der Waals surface area contributed by atoms with Crippen molar-refractivity contribution in [3.05, 3.63) is 35.4 Å². The van der Waals surface area contributed by atoms with E-state index in [1.807, 2.05) is 12.1 Å². The number of amides is 1. The summed E-state index contributed by atoms with van der Waals surface area (Å²) < 4.78 is 5.54. The van der Waals surface area contributed by atoms with Crippen LogP contribution in [0.25, 0.3) is 0 Å². The van der Waals surface area contributed by atoms with Gasteiger partial charge in [0.05, 0.1) is 12.0 Å². The third-order valence-electron chi connectivity index (χ3n) is 4.48. The van der Waals surface area contributed by atoms with E-state index < -0.39 is 0 Å². The minimum atomic E-state index is -0.0717. The van der Waals surface area contributed by atoms with Crippen molar-refractivity contribution in [2.75, 3.05) is 19.7 Å². The Morgan fingerprint density at radius 1 is 1.45 bits per heavy atom. The first-order chi connectivity index (χ1) is 9.75. The highest BCUT2D eigenvalue weighted by molar-refractivity contribution is 5.84. The Labute approximate surface area is 119 Å². The minimum Gasteiger partial charge on any atom is -0.378 e. The molecular weight excluding hydrogens is 252 g/mol. The molecule has 3 unspecified atom stereocenters. The zero-order chi connectivity index (χ0) is 13.9. The van der Waals surface area contributed by atoms with Crippen LogP contribution in [-0.4, -0.2) is 31.7 Å². The number of carbonyl (C=O) groups is 1. The summed E-state index contributed by atoms with van der Waals surface area (Å²) >= 11 is 0. The number of benzene rings is 1. The molecule has 108 valence electrons. The third kappa shape index (κ3) is 2.72. The second-order valence-corrected chi connectivity index (χ2v) is 5.75. The van der Waals surface area contributed by atoms with E-state index in [1.54, 1.807) is 0 Å². The predicted molar refractivity (Wildman–Crippen MR) is 77.4 cm³/mol. The van der Waals surface area contributed by atoms with Crippen molar-refractivity contribution in [3.8, 4) is 0 Å².